The molecule has 0 aliphatic carbocycles. The first kappa shape index (κ1) is 16.0. The lowest BCUT2D eigenvalue weighted by Crippen LogP contribution is -2.18. The van der Waals surface area contributed by atoms with Crippen molar-refractivity contribution >= 4 is 11.6 Å². The average Bonchev–Trinajstić information content (AvgIpc) is 2.45. The van der Waals surface area contributed by atoms with Gasteiger partial charge >= 0.3 is 0 Å². The summed E-state index contributed by atoms with van der Waals surface area (Å²) in [6.07, 6.45) is 0. The summed E-state index contributed by atoms with van der Waals surface area (Å²) in [4.78, 5) is 0. The molecule has 0 spiro atoms. The molecule has 2 aromatic rings. The molecule has 0 fully saturated rings. The van der Waals surface area contributed by atoms with Crippen molar-refractivity contribution in [3.63, 3.8) is 0 Å². The van der Waals surface area contributed by atoms with E-state index in [1.54, 1.807) is 6.92 Å². The molecule has 0 saturated heterocycles. The Bertz CT molecular complexity index is 620. The molecule has 2 aromatic carbocycles. The maximum Gasteiger partial charge on any atom is 0.127 e. The van der Waals surface area contributed by atoms with Gasteiger partial charge in [0.25, 0.3) is 0 Å². The minimum absolute atomic E-state index is 0.0435. The first-order valence-corrected chi connectivity index (χ1v) is 7.54. The van der Waals surface area contributed by atoms with Gasteiger partial charge in [0, 0.05) is 5.02 Å². The van der Waals surface area contributed by atoms with Crippen LogP contribution in [0.3, 0.4) is 0 Å². The predicted molar refractivity (Wildman–Crippen MR) is 87.6 cm³/mol. The normalized spacial score (nSPS) is 12.7. The molecule has 0 heterocycles. The van der Waals surface area contributed by atoms with E-state index in [4.69, 9.17) is 11.6 Å². The van der Waals surface area contributed by atoms with E-state index in [2.05, 4.69) is 43.4 Å². The Morgan fingerprint density at radius 1 is 1.05 bits per heavy atom. The summed E-state index contributed by atoms with van der Waals surface area (Å²) in [5, 5.41) is 3.71. The molecule has 1 atom stereocenters. The second kappa shape index (κ2) is 6.59. The van der Waals surface area contributed by atoms with Gasteiger partial charge in [-0.2, -0.15) is 0 Å². The van der Waals surface area contributed by atoms with Crippen LogP contribution in [0.25, 0.3) is 0 Å². The smallest absolute Gasteiger partial charge is 0.127 e. The lowest BCUT2D eigenvalue weighted by Gasteiger charge is -2.20. The molecule has 0 amide bonds. The molecular formula is C18H21ClFN. The molecule has 0 bridgehead atoms. The second-order valence-corrected chi connectivity index (χ2v) is 6.07. The molecule has 2 rings (SSSR count). The van der Waals surface area contributed by atoms with Gasteiger partial charge in [0.05, 0.1) is 6.04 Å². The fourth-order valence-electron chi connectivity index (χ4n) is 2.48. The predicted octanol–water partition coefficient (Wildman–Crippen LogP) is 5.22. The van der Waals surface area contributed by atoms with Crippen LogP contribution in [0.15, 0.2) is 36.4 Å². The number of aryl methyl sites for hydroxylation is 1. The van der Waals surface area contributed by atoms with Crippen molar-refractivity contribution < 1.29 is 4.39 Å². The summed E-state index contributed by atoms with van der Waals surface area (Å²) in [7, 11) is 1.88. The molecule has 0 aliphatic rings. The van der Waals surface area contributed by atoms with Gasteiger partial charge in [-0.3, -0.25) is 0 Å². The van der Waals surface area contributed by atoms with Gasteiger partial charge in [-0.15, -0.1) is 0 Å². The van der Waals surface area contributed by atoms with Gasteiger partial charge in [0.1, 0.15) is 5.82 Å². The SMILES string of the molecule is CNC(c1ccc(C(C)C)cc1)c1cc(C)c(F)cc1Cl. The third-order valence-electron chi connectivity index (χ3n) is 3.81. The van der Waals surface area contributed by atoms with Crippen molar-refractivity contribution in [3.05, 3.63) is 69.5 Å². The van der Waals surface area contributed by atoms with E-state index in [1.807, 2.05) is 13.1 Å². The van der Waals surface area contributed by atoms with E-state index in [-0.39, 0.29) is 11.9 Å². The van der Waals surface area contributed by atoms with Gasteiger partial charge in [0.2, 0.25) is 0 Å². The van der Waals surface area contributed by atoms with Crippen molar-refractivity contribution in [1.82, 2.24) is 5.32 Å². The Balaban J connectivity index is 2.42. The Morgan fingerprint density at radius 3 is 2.14 bits per heavy atom. The van der Waals surface area contributed by atoms with Gasteiger partial charge in [-0.25, -0.2) is 4.39 Å². The summed E-state index contributed by atoms with van der Waals surface area (Å²) in [5.74, 6) is 0.234. The number of nitrogens with one attached hydrogen (secondary N) is 1. The highest BCUT2D eigenvalue weighted by Gasteiger charge is 2.17. The summed E-state index contributed by atoms with van der Waals surface area (Å²) < 4.78 is 13.6. The fourth-order valence-corrected chi connectivity index (χ4v) is 2.74. The Labute approximate surface area is 131 Å². The van der Waals surface area contributed by atoms with E-state index in [0.717, 1.165) is 11.1 Å². The van der Waals surface area contributed by atoms with Gasteiger partial charge in [-0.05, 0) is 54.3 Å². The highest BCUT2D eigenvalue weighted by Crippen LogP contribution is 2.31. The van der Waals surface area contributed by atoms with Crippen molar-refractivity contribution in [2.24, 2.45) is 0 Å². The molecule has 112 valence electrons. The minimum atomic E-state index is -0.270. The first-order valence-electron chi connectivity index (χ1n) is 7.16. The van der Waals surface area contributed by atoms with E-state index < -0.39 is 0 Å². The van der Waals surface area contributed by atoms with Crippen LogP contribution in [-0.2, 0) is 0 Å². The molecule has 0 saturated carbocycles. The quantitative estimate of drug-likeness (QED) is 0.816. The van der Waals surface area contributed by atoms with Crippen molar-refractivity contribution in [2.45, 2.75) is 32.7 Å². The van der Waals surface area contributed by atoms with Crippen LogP contribution in [0.4, 0.5) is 4.39 Å². The zero-order valence-electron chi connectivity index (χ0n) is 12.9. The standard InChI is InChI=1S/C18H21ClFN/c1-11(2)13-5-7-14(8-6-13)18(21-4)15-9-12(3)17(20)10-16(15)19/h5-11,18,21H,1-4H3. The zero-order valence-corrected chi connectivity index (χ0v) is 13.6. The van der Waals surface area contributed by atoms with Crippen molar-refractivity contribution in [2.75, 3.05) is 7.05 Å². The van der Waals surface area contributed by atoms with Gasteiger partial charge in [-0.1, -0.05) is 49.7 Å². The van der Waals surface area contributed by atoms with Crippen LogP contribution in [0.2, 0.25) is 5.02 Å². The monoisotopic (exact) mass is 305 g/mol. The van der Waals surface area contributed by atoms with Crippen LogP contribution >= 0.6 is 11.6 Å². The number of rotatable bonds is 4. The fraction of sp³-hybridized carbons (Fsp3) is 0.333. The molecule has 0 aliphatic heterocycles. The maximum atomic E-state index is 13.6. The summed E-state index contributed by atoms with van der Waals surface area (Å²) in [5.41, 5.74) is 3.92. The number of hydrogen-bond donors (Lipinski definition) is 1. The maximum absolute atomic E-state index is 13.6. The van der Waals surface area contributed by atoms with E-state index in [9.17, 15) is 4.39 Å². The third-order valence-corrected chi connectivity index (χ3v) is 4.14. The second-order valence-electron chi connectivity index (χ2n) is 5.67. The van der Waals surface area contributed by atoms with Crippen LogP contribution < -0.4 is 5.32 Å². The molecule has 1 N–H and O–H groups in total. The van der Waals surface area contributed by atoms with E-state index >= 15 is 0 Å². The highest BCUT2D eigenvalue weighted by atomic mass is 35.5. The van der Waals surface area contributed by atoms with Crippen LogP contribution in [-0.4, -0.2) is 7.05 Å². The number of halogens is 2. The largest absolute Gasteiger partial charge is 0.309 e. The molecule has 1 nitrogen and oxygen atoms in total. The lowest BCUT2D eigenvalue weighted by molar-refractivity contribution is 0.614. The molecule has 3 heteroatoms. The molecule has 1 unspecified atom stereocenters. The first-order chi connectivity index (χ1) is 9.93. The summed E-state index contributed by atoms with van der Waals surface area (Å²) in [6.45, 7) is 6.10. The average molecular weight is 306 g/mol. The van der Waals surface area contributed by atoms with E-state index in [0.29, 0.717) is 16.5 Å². The summed E-state index contributed by atoms with van der Waals surface area (Å²) in [6, 6.07) is 11.6. The Morgan fingerprint density at radius 2 is 1.62 bits per heavy atom. The minimum Gasteiger partial charge on any atom is -0.309 e. The lowest BCUT2D eigenvalue weighted by atomic mass is 9.94. The van der Waals surface area contributed by atoms with Crippen molar-refractivity contribution in [3.8, 4) is 0 Å². The Hall–Kier alpha value is -1.38. The molecular weight excluding hydrogens is 285 g/mol. The van der Waals surface area contributed by atoms with Gasteiger partial charge < -0.3 is 5.32 Å². The van der Waals surface area contributed by atoms with E-state index in [1.165, 1.54) is 11.6 Å². The topological polar surface area (TPSA) is 12.0 Å². The number of hydrogen-bond acceptors (Lipinski definition) is 1. The highest BCUT2D eigenvalue weighted by molar-refractivity contribution is 6.31. The van der Waals surface area contributed by atoms with Crippen LogP contribution in [0, 0.1) is 12.7 Å². The third kappa shape index (κ3) is 3.45. The van der Waals surface area contributed by atoms with Crippen LogP contribution in [0.1, 0.15) is 48.1 Å². The summed E-state index contributed by atoms with van der Waals surface area (Å²) >= 11 is 6.23. The van der Waals surface area contributed by atoms with Gasteiger partial charge in [0.15, 0.2) is 0 Å². The zero-order chi connectivity index (χ0) is 15.6. The Kier molecular flexibility index (Phi) is 5.02. The molecule has 21 heavy (non-hydrogen) atoms. The number of benzene rings is 2. The molecule has 0 radical (unpaired) electrons. The molecule has 0 aromatic heterocycles. The van der Waals surface area contributed by atoms with Crippen LogP contribution in [0.5, 0.6) is 0 Å². The van der Waals surface area contributed by atoms with Crippen molar-refractivity contribution in [1.29, 1.82) is 0 Å².